The van der Waals surface area contributed by atoms with Crippen molar-refractivity contribution in [2.24, 2.45) is 17.8 Å². The molecular formula is C32H52O. The van der Waals surface area contributed by atoms with Crippen LogP contribution in [-0.2, 0) is 6.42 Å². The van der Waals surface area contributed by atoms with Crippen LogP contribution in [-0.4, -0.2) is 0 Å². The topological polar surface area (TPSA) is 9.23 Å². The summed E-state index contributed by atoms with van der Waals surface area (Å²) in [7, 11) is 0. The number of hydrogen-bond acceptors (Lipinski definition) is 1. The maximum atomic E-state index is 6.48. The summed E-state index contributed by atoms with van der Waals surface area (Å²) in [5.74, 6) is 4.87. The van der Waals surface area contributed by atoms with E-state index in [-0.39, 0.29) is 0 Å². The summed E-state index contributed by atoms with van der Waals surface area (Å²) < 4.78 is 6.48. The maximum absolute atomic E-state index is 6.48. The van der Waals surface area contributed by atoms with E-state index in [2.05, 4.69) is 74.5 Å². The molecule has 1 heterocycles. The van der Waals surface area contributed by atoms with Crippen LogP contribution < -0.4 is 4.74 Å². The Morgan fingerprint density at radius 2 is 1.42 bits per heavy atom. The average molecular weight is 453 g/mol. The van der Waals surface area contributed by atoms with Gasteiger partial charge in [-0.25, -0.2) is 0 Å². The molecule has 0 unspecified atom stereocenters. The minimum atomic E-state index is 0.804. The van der Waals surface area contributed by atoms with Crippen LogP contribution in [0.15, 0.2) is 17.9 Å². The highest BCUT2D eigenvalue weighted by Crippen LogP contribution is 2.41. The summed E-state index contributed by atoms with van der Waals surface area (Å²) in [6.07, 6.45) is 17.5. The number of allylic oxidation sites excluding steroid dienone is 4. The Morgan fingerprint density at radius 1 is 0.818 bits per heavy atom. The number of benzene rings is 1. The number of ether oxygens (including phenoxy) is 1. The van der Waals surface area contributed by atoms with Crippen molar-refractivity contribution in [3.8, 4) is 5.75 Å². The highest BCUT2D eigenvalue weighted by molar-refractivity contribution is 5.74. The van der Waals surface area contributed by atoms with E-state index < -0.39 is 0 Å². The molecule has 1 heteroatoms. The van der Waals surface area contributed by atoms with Crippen molar-refractivity contribution in [3.63, 3.8) is 0 Å². The van der Waals surface area contributed by atoms with Gasteiger partial charge < -0.3 is 4.74 Å². The highest BCUT2D eigenvalue weighted by atomic mass is 16.5. The lowest BCUT2D eigenvalue weighted by Gasteiger charge is -2.27. The first-order valence-corrected chi connectivity index (χ1v) is 13.8. The minimum absolute atomic E-state index is 0.804. The molecule has 1 aliphatic rings. The maximum Gasteiger partial charge on any atom is 0.133 e. The lowest BCUT2D eigenvalue weighted by Crippen LogP contribution is -2.13. The molecule has 0 aromatic heterocycles. The third-order valence-corrected chi connectivity index (χ3v) is 7.97. The molecule has 1 aliphatic heterocycles. The second-order valence-corrected chi connectivity index (χ2v) is 11.3. The van der Waals surface area contributed by atoms with Gasteiger partial charge in [-0.3, -0.25) is 0 Å². The molecule has 1 aromatic rings. The molecule has 0 saturated carbocycles. The Balaban J connectivity index is 1.84. The van der Waals surface area contributed by atoms with Gasteiger partial charge in [0.2, 0.25) is 0 Å². The zero-order valence-corrected chi connectivity index (χ0v) is 23.4. The molecule has 0 radical (unpaired) electrons. The van der Waals surface area contributed by atoms with Crippen LogP contribution in [0.3, 0.4) is 0 Å². The van der Waals surface area contributed by atoms with E-state index in [0.29, 0.717) is 0 Å². The fourth-order valence-electron chi connectivity index (χ4n) is 5.44. The quantitative estimate of drug-likeness (QED) is 0.306. The molecular weight excluding hydrogens is 400 g/mol. The minimum Gasteiger partial charge on any atom is -0.461 e. The van der Waals surface area contributed by atoms with Gasteiger partial charge in [0.1, 0.15) is 11.5 Å². The molecule has 0 amide bonds. The molecule has 0 N–H and O–H groups in total. The predicted molar refractivity (Wildman–Crippen MR) is 147 cm³/mol. The zero-order chi connectivity index (χ0) is 24.5. The third-order valence-electron chi connectivity index (χ3n) is 7.97. The largest absolute Gasteiger partial charge is 0.461 e. The second kappa shape index (κ2) is 13.4. The van der Waals surface area contributed by atoms with E-state index >= 15 is 0 Å². The molecule has 1 nitrogen and oxygen atoms in total. The van der Waals surface area contributed by atoms with Crippen LogP contribution in [0.4, 0.5) is 0 Å². The predicted octanol–water partition coefficient (Wildman–Crippen LogP) is 10.3. The fourth-order valence-corrected chi connectivity index (χ4v) is 5.44. The fraction of sp³-hybridized carbons (Fsp3) is 0.688. The van der Waals surface area contributed by atoms with E-state index in [1.54, 1.807) is 0 Å². The number of rotatable bonds is 12. The van der Waals surface area contributed by atoms with Crippen LogP contribution in [0.1, 0.15) is 127 Å². The molecule has 33 heavy (non-hydrogen) atoms. The van der Waals surface area contributed by atoms with Crippen LogP contribution in [0.25, 0.3) is 5.57 Å². The van der Waals surface area contributed by atoms with Crippen molar-refractivity contribution in [1.29, 1.82) is 0 Å². The van der Waals surface area contributed by atoms with Crippen molar-refractivity contribution in [2.45, 2.75) is 127 Å². The number of fused-ring (bicyclic) bond motifs is 1. The molecule has 2 rings (SSSR count). The molecule has 0 bridgehead atoms. The second-order valence-electron chi connectivity index (χ2n) is 11.3. The number of hydrogen-bond donors (Lipinski definition) is 0. The van der Waals surface area contributed by atoms with Crippen molar-refractivity contribution in [3.05, 3.63) is 45.7 Å². The van der Waals surface area contributed by atoms with Crippen molar-refractivity contribution in [2.75, 3.05) is 0 Å². The first kappa shape index (κ1) is 27.7. The van der Waals surface area contributed by atoms with Gasteiger partial charge in [0.05, 0.1) is 0 Å². The molecule has 0 spiro atoms. The van der Waals surface area contributed by atoms with E-state index in [9.17, 15) is 0 Å². The Bertz CT molecular complexity index is 824. The Morgan fingerprint density at radius 3 is 2.03 bits per heavy atom. The molecule has 0 saturated heterocycles. The summed E-state index contributed by atoms with van der Waals surface area (Å²) in [4.78, 5) is 0. The van der Waals surface area contributed by atoms with Gasteiger partial charge in [-0.1, -0.05) is 72.3 Å². The van der Waals surface area contributed by atoms with Crippen molar-refractivity contribution < 1.29 is 4.74 Å². The lowest BCUT2D eigenvalue weighted by molar-refractivity contribution is 0.367. The molecule has 1 aromatic carbocycles. The third kappa shape index (κ3) is 8.04. The smallest absolute Gasteiger partial charge is 0.133 e. The zero-order valence-electron chi connectivity index (χ0n) is 23.4. The molecule has 2 atom stereocenters. The molecule has 186 valence electrons. The summed E-state index contributed by atoms with van der Waals surface area (Å²) in [6, 6.07) is 0. The van der Waals surface area contributed by atoms with Crippen LogP contribution in [0, 0.1) is 38.5 Å². The summed E-state index contributed by atoms with van der Waals surface area (Å²) in [6.45, 7) is 20.7. The van der Waals surface area contributed by atoms with Gasteiger partial charge in [0.25, 0.3) is 0 Å². The Kier molecular flexibility index (Phi) is 11.3. The molecule has 0 fully saturated rings. The van der Waals surface area contributed by atoms with Gasteiger partial charge >= 0.3 is 0 Å². The SMILES string of the molecule is C/C=C(/C)c1c(C)c(C)c2c(c1C)CC/C(=C\CC[C@H](C)CCC[C@H](C)CCCC(C)C)O2. The van der Waals surface area contributed by atoms with Crippen molar-refractivity contribution in [1.82, 2.24) is 0 Å². The lowest BCUT2D eigenvalue weighted by atomic mass is 9.86. The van der Waals surface area contributed by atoms with Crippen molar-refractivity contribution >= 4 is 5.57 Å². The summed E-state index contributed by atoms with van der Waals surface area (Å²) in [5, 5.41) is 0. The van der Waals surface area contributed by atoms with E-state index in [1.807, 2.05) is 0 Å². The van der Waals surface area contributed by atoms with Gasteiger partial charge in [0, 0.05) is 6.42 Å². The summed E-state index contributed by atoms with van der Waals surface area (Å²) in [5.41, 5.74) is 8.31. The first-order chi connectivity index (χ1) is 15.6. The highest BCUT2D eigenvalue weighted by Gasteiger charge is 2.23. The van der Waals surface area contributed by atoms with Gasteiger partial charge in [-0.2, -0.15) is 0 Å². The van der Waals surface area contributed by atoms with Crippen LogP contribution in [0.5, 0.6) is 5.75 Å². The first-order valence-electron chi connectivity index (χ1n) is 13.8. The Hall–Kier alpha value is -1.50. The Labute approximate surface area is 206 Å². The average Bonchev–Trinajstić information content (AvgIpc) is 2.77. The summed E-state index contributed by atoms with van der Waals surface area (Å²) >= 11 is 0. The van der Waals surface area contributed by atoms with E-state index in [0.717, 1.165) is 42.8 Å². The molecule has 0 aliphatic carbocycles. The standard InChI is InChI=1S/C32H52O/c1-10-25(6)31-26(7)27(8)32-30(28(31)9)21-20-29(33-32)19-13-18-24(5)17-12-16-23(4)15-11-14-22(2)3/h10,19,22-24H,11-18,20-21H2,1-9H3/b25-10-,29-19+/t23-,24-/m1/s1. The van der Waals surface area contributed by atoms with Gasteiger partial charge in [-0.05, 0) is 111 Å². The van der Waals surface area contributed by atoms with Gasteiger partial charge in [-0.15, -0.1) is 0 Å². The van der Waals surface area contributed by atoms with E-state index in [1.165, 1.54) is 84.1 Å². The normalized spacial score (nSPS) is 17.3. The van der Waals surface area contributed by atoms with Crippen LogP contribution >= 0.6 is 0 Å². The van der Waals surface area contributed by atoms with Gasteiger partial charge in [0.15, 0.2) is 0 Å². The van der Waals surface area contributed by atoms with E-state index in [4.69, 9.17) is 4.74 Å². The van der Waals surface area contributed by atoms with Crippen LogP contribution in [0.2, 0.25) is 0 Å². The monoisotopic (exact) mass is 452 g/mol.